The fraction of sp³-hybridized carbons (Fsp3) is 0.435. The van der Waals surface area contributed by atoms with Gasteiger partial charge < -0.3 is 10.6 Å². The molecule has 0 radical (unpaired) electrons. The van der Waals surface area contributed by atoms with Crippen LogP contribution in [0.4, 0.5) is 5.69 Å². The molecular formula is C23H28BrN5OS. The van der Waals surface area contributed by atoms with E-state index in [1.807, 2.05) is 15.5 Å². The molecule has 2 aliphatic rings. The molecule has 8 heteroatoms. The molecule has 0 spiro atoms. The Bertz CT molecular complexity index is 1110. The number of carbonyl (C=O) groups excluding carboxylic acids is 1. The largest absolute Gasteiger partial charge is 0.398 e. The highest BCUT2D eigenvalue weighted by molar-refractivity contribution is 9.10. The van der Waals surface area contributed by atoms with Gasteiger partial charge in [0.2, 0.25) is 0 Å². The maximum Gasteiger partial charge on any atom is 0.256 e. The van der Waals surface area contributed by atoms with E-state index in [1.54, 1.807) is 18.4 Å². The molecule has 0 bridgehead atoms. The van der Waals surface area contributed by atoms with Crippen LogP contribution < -0.4 is 5.73 Å². The van der Waals surface area contributed by atoms with Crippen LogP contribution in [0.1, 0.15) is 71.5 Å². The van der Waals surface area contributed by atoms with Crippen molar-refractivity contribution >= 4 is 45.8 Å². The molecule has 1 aliphatic carbocycles. The average Bonchev–Trinajstić information content (AvgIpc) is 3.55. The van der Waals surface area contributed by atoms with Gasteiger partial charge in [-0.2, -0.15) is 17.7 Å². The van der Waals surface area contributed by atoms with Crippen molar-refractivity contribution in [1.29, 1.82) is 0 Å². The minimum atomic E-state index is -0.0555. The van der Waals surface area contributed by atoms with Gasteiger partial charge in [-0.05, 0) is 69.5 Å². The van der Waals surface area contributed by atoms with Crippen molar-refractivity contribution in [2.24, 2.45) is 0 Å². The fourth-order valence-electron chi connectivity index (χ4n) is 4.27. The second kappa shape index (κ2) is 9.20. The zero-order valence-corrected chi connectivity index (χ0v) is 20.4. The molecule has 164 valence electrons. The lowest BCUT2D eigenvalue weighted by atomic mass is 9.98. The van der Waals surface area contributed by atoms with E-state index in [0.29, 0.717) is 23.7 Å². The van der Waals surface area contributed by atoms with E-state index in [2.05, 4.69) is 47.6 Å². The normalized spacial score (nSPS) is 18.6. The first kappa shape index (κ1) is 22.1. The third kappa shape index (κ3) is 4.46. The average molecular weight is 502 g/mol. The number of aryl methyl sites for hydroxylation is 1. The van der Waals surface area contributed by atoms with Crippen LogP contribution in [0.15, 0.2) is 34.8 Å². The number of fused-ring (bicyclic) bond motifs is 1. The maximum atomic E-state index is 13.4. The van der Waals surface area contributed by atoms with Gasteiger partial charge in [0.05, 0.1) is 17.3 Å². The van der Waals surface area contributed by atoms with Crippen LogP contribution in [0.2, 0.25) is 0 Å². The van der Waals surface area contributed by atoms with Crippen LogP contribution in [0, 0.1) is 6.92 Å². The molecular weight excluding hydrogens is 474 g/mol. The molecule has 3 heterocycles. The third-order valence-electron chi connectivity index (χ3n) is 5.99. The summed E-state index contributed by atoms with van der Waals surface area (Å²) in [5.74, 6) is 0.568. The van der Waals surface area contributed by atoms with Gasteiger partial charge in [-0.25, -0.2) is 9.50 Å². The first-order chi connectivity index (χ1) is 15.0. The lowest BCUT2D eigenvalue weighted by molar-refractivity contribution is 0.0606. The van der Waals surface area contributed by atoms with E-state index in [-0.39, 0.29) is 11.9 Å². The number of benzene rings is 1. The van der Waals surface area contributed by atoms with E-state index in [9.17, 15) is 4.79 Å². The Morgan fingerprint density at radius 2 is 1.90 bits per heavy atom. The first-order valence-corrected chi connectivity index (χ1v) is 12.4. The SMILES string of the molecule is CS.Cc1cc(C2CC2)nc2cc(C3CCCCN3C(=O)c3cc(Br)ccc3N)nn12. The number of piperidine rings is 1. The van der Waals surface area contributed by atoms with Gasteiger partial charge in [-0.3, -0.25) is 4.79 Å². The molecule has 1 amide bonds. The van der Waals surface area contributed by atoms with E-state index in [0.717, 1.165) is 40.8 Å². The fourth-order valence-corrected chi connectivity index (χ4v) is 4.63. The summed E-state index contributed by atoms with van der Waals surface area (Å²) in [6, 6.07) is 9.58. The molecule has 3 aromatic rings. The molecule has 2 aromatic heterocycles. The van der Waals surface area contributed by atoms with Crippen molar-refractivity contribution in [3.8, 4) is 0 Å². The monoisotopic (exact) mass is 501 g/mol. The van der Waals surface area contributed by atoms with Crippen LogP contribution in [-0.2, 0) is 0 Å². The number of anilines is 1. The maximum absolute atomic E-state index is 13.4. The third-order valence-corrected chi connectivity index (χ3v) is 6.48. The van der Waals surface area contributed by atoms with Crippen molar-refractivity contribution in [1.82, 2.24) is 19.5 Å². The van der Waals surface area contributed by atoms with Gasteiger partial charge in [0, 0.05) is 40.1 Å². The van der Waals surface area contributed by atoms with Crippen molar-refractivity contribution < 1.29 is 4.79 Å². The molecule has 1 aromatic carbocycles. The molecule has 1 aliphatic heterocycles. The Morgan fingerprint density at radius 1 is 1.13 bits per heavy atom. The second-order valence-corrected chi connectivity index (χ2v) is 9.09. The molecule has 1 saturated heterocycles. The number of hydrogen-bond acceptors (Lipinski definition) is 5. The van der Waals surface area contributed by atoms with Crippen LogP contribution >= 0.6 is 28.6 Å². The highest BCUT2D eigenvalue weighted by Gasteiger charge is 2.32. The molecule has 5 rings (SSSR count). The molecule has 2 fully saturated rings. The molecule has 1 atom stereocenters. The summed E-state index contributed by atoms with van der Waals surface area (Å²) in [5.41, 5.74) is 11.2. The second-order valence-electron chi connectivity index (χ2n) is 8.18. The van der Waals surface area contributed by atoms with Crippen LogP contribution in [0.25, 0.3) is 5.65 Å². The van der Waals surface area contributed by atoms with Gasteiger partial charge in [-0.15, -0.1) is 0 Å². The van der Waals surface area contributed by atoms with Gasteiger partial charge in [-0.1, -0.05) is 15.9 Å². The number of rotatable bonds is 3. The number of carbonyl (C=O) groups is 1. The predicted octanol–water partition coefficient (Wildman–Crippen LogP) is 5.17. The number of nitrogens with zero attached hydrogens (tertiary/aromatic N) is 4. The summed E-state index contributed by atoms with van der Waals surface area (Å²) >= 11 is 6.98. The Labute approximate surface area is 196 Å². The van der Waals surface area contributed by atoms with Crippen molar-refractivity contribution in [2.75, 3.05) is 18.5 Å². The van der Waals surface area contributed by atoms with E-state index in [4.69, 9.17) is 15.8 Å². The zero-order chi connectivity index (χ0) is 22.1. The van der Waals surface area contributed by atoms with Crippen LogP contribution in [0.3, 0.4) is 0 Å². The zero-order valence-electron chi connectivity index (χ0n) is 17.9. The number of halogens is 1. The van der Waals surface area contributed by atoms with Crippen molar-refractivity contribution in [3.63, 3.8) is 0 Å². The molecule has 1 unspecified atom stereocenters. The minimum absolute atomic E-state index is 0.0334. The van der Waals surface area contributed by atoms with E-state index in [1.165, 1.54) is 18.5 Å². The van der Waals surface area contributed by atoms with Gasteiger partial charge in [0.1, 0.15) is 0 Å². The number of hydrogen-bond donors (Lipinski definition) is 2. The first-order valence-electron chi connectivity index (χ1n) is 10.7. The molecule has 1 saturated carbocycles. The Balaban J connectivity index is 0.00000112. The highest BCUT2D eigenvalue weighted by Crippen LogP contribution is 2.40. The summed E-state index contributed by atoms with van der Waals surface area (Å²) in [6.45, 7) is 2.78. The lowest BCUT2D eigenvalue weighted by Crippen LogP contribution is -2.39. The Hall–Kier alpha value is -2.06. The topological polar surface area (TPSA) is 76.5 Å². The van der Waals surface area contributed by atoms with Crippen LogP contribution in [-0.4, -0.2) is 38.2 Å². The molecule has 2 N–H and O–H groups in total. The number of amides is 1. The Morgan fingerprint density at radius 3 is 2.65 bits per heavy atom. The highest BCUT2D eigenvalue weighted by atomic mass is 79.9. The predicted molar refractivity (Wildman–Crippen MR) is 131 cm³/mol. The number of likely N-dealkylation sites (tertiary alicyclic amines) is 1. The number of aromatic nitrogens is 3. The lowest BCUT2D eigenvalue weighted by Gasteiger charge is -2.35. The van der Waals surface area contributed by atoms with Crippen molar-refractivity contribution in [2.45, 2.75) is 51.0 Å². The summed E-state index contributed by atoms with van der Waals surface area (Å²) in [4.78, 5) is 20.1. The van der Waals surface area contributed by atoms with Crippen molar-refractivity contribution in [3.05, 3.63) is 57.4 Å². The Kier molecular flexibility index (Phi) is 6.57. The molecule has 31 heavy (non-hydrogen) atoms. The summed E-state index contributed by atoms with van der Waals surface area (Å²) < 4.78 is 2.76. The quantitative estimate of drug-likeness (QED) is 0.383. The number of nitrogens with two attached hydrogens (primary N) is 1. The molecule has 6 nitrogen and oxygen atoms in total. The van der Waals surface area contributed by atoms with Gasteiger partial charge in [0.25, 0.3) is 5.91 Å². The van der Waals surface area contributed by atoms with Crippen LogP contribution in [0.5, 0.6) is 0 Å². The minimum Gasteiger partial charge on any atom is -0.398 e. The van der Waals surface area contributed by atoms with E-state index < -0.39 is 0 Å². The standard InChI is InChI=1S/C22H24BrN5O.CH4S/c1-13-10-18(14-5-6-14)25-21-12-19(26-28(13)21)20-4-2-3-9-27(20)22(29)16-11-15(23)7-8-17(16)24;1-2/h7-8,10-12,14,20H,2-6,9,24H2,1H3;2H,1H3. The summed E-state index contributed by atoms with van der Waals surface area (Å²) in [7, 11) is 0. The van der Waals surface area contributed by atoms with Gasteiger partial charge >= 0.3 is 0 Å². The number of thiol groups is 1. The smallest absolute Gasteiger partial charge is 0.256 e. The van der Waals surface area contributed by atoms with E-state index >= 15 is 0 Å². The van der Waals surface area contributed by atoms with Gasteiger partial charge in [0.15, 0.2) is 5.65 Å². The summed E-state index contributed by atoms with van der Waals surface area (Å²) in [6.07, 6.45) is 7.12. The summed E-state index contributed by atoms with van der Waals surface area (Å²) in [5, 5.41) is 4.84. The number of nitrogen functional groups attached to an aromatic ring is 1.